The molecule has 0 N–H and O–H groups in total. The number of rotatable bonds is 0. The minimum atomic E-state index is 0.0240. The molecule has 0 aliphatic rings. The molecule has 0 saturated carbocycles. The Morgan fingerprint density at radius 1 is 1.08 bits per heavy atom. The number of pyridine rings is 1. The molecule has 0 bridgehead atoms. The molecule has 1 aromatic heterocycles. The molecule has 64 valence electrons. The standard InChI is InChI=1S/C7Cl2IN3/c8-6-3(1-11)5(10)4(2-12)7(9)13-6. The van der Waals surface area contributed by atoms with Gasteiger partial charge in [-0.2, -0.15) is 10.5 Å². The highest BCUT2D eigenvalue weighted by molar-refractivity contribution is 14.1. The third-order valence-electron chi connectivity index (χ3n) is 1.27. The van der Waals surface area contributed by atoms with Crippen molar-refractivity contribution in [1.29, 1.82) is 10.5 Å². The maximum atomic E-state index is 8.68. The number of nitriles is 2. The Hall–Kier alpha value is -0.560. The van der Waals surface area contributed by atoms with Gasteiger partial charge in [-0.05, 0) is 22.6 Å². The molecule has 0 aromatic carbocycles. The molecule has 1 rings (SSSR count). The van der Waals surface area contributed by atoms with Gasteiger partial charge in [0.15, 0.2) is 0 Å². The summed E-state index contributed by atoms with van der Waals surface area (Å²) in [4.78, 5) is 3.66. The Morgan fingerprint density at radius 3 is 1.77 bits per heavy atom. The van der Waals surface area contributed by atoms with Crippen LogP contribution < -0.4 is 0 Å². The molecule has 13 heavy (non-hydrogen) atoms. The second-order valence-electron chi connectivity index (χ2n) is 1.98. The Kier molecular flexibility index (Phi) is 3.32. The van der Waals surface area contributed by atoms with E-state index in [1.807, 2.05) is 34.7 Å². The first-order chi connectivity index (χ1) is 6.11. The first-order valence-electron chi connectivity index (χ1n) is 2.96. The fourth-order valence-electron chi connectivity index (χ4n) is 0.695. The van der Waals surface area contributed by atoms with E-state index >= 15 is 0 Å². The maximum absolute atomic E-state index is 8.68. The lowest BCUT2D eigenvalue weighted by Crippen LogP contribution is -1.94. The van der Waals surface area contributed by atoms with Crippen molar-refractivity contribution in [1.82, 2.24) is 4.98 Å². The van der Waals surface area contributed by atoms with E-state index < -0.39 is 0 Å². The predicted molar refractivity (Wildman–Crippen MR) is 56.4 cm³/mol. The van der Waals surface area contributed by atoms with Crippen LogP contribution in [0.1, 0.15) is 11.1 Å². The highest BCUT2D eigenvalue weighted by atomic mass is 127. The lowest BCUT2D eigenvalue weighted by Gasteiger charge is -2.01. The van der Waals surface area contributed by atoms with Crippen LogP contribution in [0.2, 0.25) is 10.3 Å². The van der Waals surface area contributed by atoms with E-state index in [1.165, 1.54) is 0 Å². The van der Waals surface area contributed by atoms with Gasteiger partial charge in [0.25, 0.3) is 0 Å². The van der Waals surface area contributed by atoms with Crippen LogP contribution in [-0.2, 0) is 0 Å². The van der Waals surface area contributed by atoms with Crippen LogP contribution >= 0.6 is 45.8 Å². The fraction of sp³-hybridized carbons (Fsp3) is 0. The molecule has 0 aliphatic heterocycles. The normalized spacial score (nSPS) is 9.00. The fourth-order valence-corrected chi connectivity index (χ4v) is 2.25. The van der Waals surface area contributed by atoms with Gasteiger partial charge in [-0.1, -0.05) is 23.2 Å². The molecule has 0 fully saturated rings. The Morgan fingerprint density at radius 2 is 1.46 bits per heavy atom. The monoisotopic (exact) mass is 323 g/mol. The summed E-state index contributed by atoms with van der Waals surface area (Å²) in [6.07, 6.45) is 0. The maximum Gasteiger partial charge on any atom is 0.149 e. The summed E-state index contributed by atoms with van der Waals surface area (Å²) in [7, 11) is 0. The quantitative estimate of drug-likeness (QED) is 0.545. The van der Waals surface area contributed by atoms with Gasteiger partial charge in [0.05, 0.1) is 3.57 Å². The van der Waals surface area contributed by atoms with E-state index in [-0.39, 0.29) is 21.4 Å². The number of halogens is 3. The van der Waals surface area contributed by atoms with Crippen molar-refractivity contribution in [2.75, 3.05) is 0 Å². The van der Waals surface area contributed by atoms with Crippen molar-refractivity contribution < 1.29 is 0 Å². The smallest absolute Gasteiger partial charge is 0.149 e. The summed E-state index contributed by atoms with van der Waals surface area (Å²) >= 11 is 13.1. The second-order valence-corrected chi connectivity index (χ2v) is 3.78. The lowest BCUT2D eigenvalue weighted by atomic mass is 10.2. The van der Waals surface area contributed by atoms with Crippen molar-refractivity contribution in [2.24, 2.45) is 0 Å². The van der Waals surface area contributed by atoms with Crippen molar-refractivity contribution in [3.63, 3.8) is 0 Å². The molecule has 0 unspecified atom stereocenters. The molecule has 1 aromatic rings. The summed E-state index contributed by atoms with van der Waals surface area (Å²) in [6, 6.07) is 3.71. The van der Waals surface area contributed by atoms with Gasteiger partial charge >= 0.3 is 0 Å². The van der Waals surface area contributed by atoms with Gasteiger partial charge in [0.2, 0.25) is 0 Å². The molecule has 1 heterocycles. The third kappa shape index (κ3) is 1.86. The summed E-state index contributed by atoms with van der Waals surface area (Å²) in [5.41, 5.74) is 0.367. The van der Waals surface area contributed by atoms with Crippen LogP contribution in [0.15, 0.2) is 0 Å². The molecular weight excluding hydrogens is 324 g/mol. The van der Waals surface area contributed by atoms with E-state index in [0.29, 0.717) is 3.57 Å². The average molecular weight is 324 g/mol. The van der Waals surface area contributed by atoms with Gasteiger partial charge < -0.3 is 0 Å². The summed E-state index contributed by atoms with van der Waals surface area (Å²) < 4.78 is 0.438. The Bertz CT molecular complexity index is 406. The van der Waals surface area contributed by atoms with Gasteiger partial charge in [0, 0.05) is 0 Å². The van der Waals surface area contributed by atoms with Crippen LogP contribution in [0.4, 0.5) is 0 Å². The van der Waals surface area contributed by atoms with Gasteiger partial charge in [-0.15, -0.1) is 0 Å². The van der Waals surface area contributed by atoms with Crippen LogP contribution in [0, 0.1) is 26.2 Å². The summed E-state index contributed by atoms with van der Waals surface area (Å²) in [6.45, 7) is 0. The number of hydrogen-bond donors (Lipinski definition) is 0. The van der Waals surface area contributed by atoms with Gasteiger partial charge in [-0.3, -0.25) is 0 Å². The zero-order chi connectivity index (χ0) is 10.0. The van der Waals surface area contributed by atoms with Gasteiger partial charge in [0.1, 0.15) is 33.6 Å². The van der Waals surface area contributed by atoms with Crippen LogP contribution in [0.25, 0.3) is 0 Å². The minimum Gasteiger partial charge on any atom is -0.222 e. The highest BCUT2D eigenvalue weighted by Crippen LogP contribution is 2.27. The Labute approximate surface area is 98.0 Å². The second kappa shape index (κ2) is 4.10. The molecule has 0 amide bonds. The molecule has 0 aliphatic carbocycles. The topological polar surface area (TPSA) is 60.5 Å². The highest BCUT2D eigenvalue weighted by Gasteiger charge is 2.15. The molecule has 0 atom stereocenters. The zero-order valence-electron chi connectivity index (χ0n) is 5.98. The van der Waals surface area contributed by atoms with E-state index in [0.717, 1.165) is 0 Å². The van der Waals surface area contributed by atoms with E-state index in [9.17, 15) is 0 Å². The first-order valence-corrected chi connectivity index (χ1v) is 4.80. The SMILES string of the molecule is N#Cc1c(Cl)nc(Cl)c(C#N)c1I. The van der Waals surface area contributed by atoms with Crippen molar-refractivity contribution in [2.45, 2.75) is 0 Å². The van der Waals surface area contributed by atoms with E-state index in [1.54, 1.807) is 0 Å². The molecule has 0 radical (unpaired) electrons. The number of aromatic nitrogens is 1. The number of nitrogens with zero attached hydrogens (tertiary/aromatic N) is 3. The van der Waals surface area contributed by atoms with Crippen LogP contribution in [0.5, 0.6) is 0 Å². The summed E-state index contributed by atoms with van der Waals surface area (Å²) in [5, 5.41) is 17.4. The molecule has 6 heteroatoms. The average Bonchev–Trinajstić information content (AvgIpc) is 2.04. The molecule has 0 spiro atoms. The van der Waals surface area contributed by atoms with Crippen molar-refractivity contribution in [3.05, 3.63) is 25.0 Å². The van der Waals surface area contributed by atoms with Gasteiger partial charge in [-0.25, -0.2) is 4.98 Å². The zero-order valence-corrected chi connectivity index (χ0v) is 9.64. The minimum absolute atomic E-state index is 0.0240. The Balaban J connectivity index is 3.63. The van der Waals surface area contributed by atoms with Crippen LogP contribution in [0.3, 0.4) is 0 Å². The summed E-state index contributed by atoms with van der Waals surface area (Å²) in [5.74, 6) is 0. The number of hydrogen-bond acceptors (Lipinski definition) is 3. The van der Waals surface area contributed by atoms with E-state index in [2.05, 4.69) is 4.98 Å². The molecular formula is C7Cl2IN3. The van der Waals surface area contributed by atoms with Crippen molar-refractivity contribution in [3.8, 4) is 12.1 Å². The molecule has 3 nitrogen and oxygen atoms in total. The largest absolute Gasteiger partial charge is 0.222 e. The predicted octanol–water partition coefficient (Wildman–Crippen LogP) is 2.74. The molecule has 0 saturated heterocycles. The van der Waals surface area contributed by atoms with E-state index in [4.69, 9.17) is 33.7 Å². The van der Waals surface area contributed by atoms with Crippen LogP contribution in [-0.4, -0.2) is 4.98 Å². The first kappa shape index (κ1) is 10.5. The lowest BCUT2D eigenvalue weighted by molar-refractivity contribution is 1.26. The third-order valence-corrected chi connectivity index (χ3v) is 2.90. The van der Waals surface area contributed by atoms with Crippen molar-refractivity contribution >= 4 is 45.8 Å².